The Morgan fingerprint density at radius 1 is 1.42 bits per heavy atom. The largest absolute Gasteiger partial charge is 0.349 e. The van der Waals surface area contributed by atoms with E-state index in [1.54, 1.807) is 6.92 Å². The summed E-state index contributed by atoms with van der Waals surface area (Å²) in [5.74, 6) is -0.0970. The molecular weight excluding hydrogens is 324 g/mol. The molecule has 1 aromatic heterocycles. The molecule has 0 fully saturated rings. The smallest absolute Gasteiger partial charge is 0.346 e. The highest BCUT2D eigenvalue weighted by atomic mass is 32.2. The van der Waals surface area contributed by atoms with Gasteiger partial charge in [-0.1, -0.05) is 36.0 Å². The van der Waals surface area contributed by atoms with Gasteiger partial charge in [-0.05, 0) is 31.9 Å². The summed E-state index contributed by atoms with van der Waals surface area (Å²) in [6.45, 7) is 5.54. The van der Waals surface area contributed by atoms with E-state index in [4.69, 9.17) is 5.26 Å². The molecular formula is C17H18N4O2S. The molecule has 0 spiro atoms. The third-order valence-corrected chi connectivity index (χ3v) is 4.55. The molecule has 2 aromatic rings. The quantitative estimate of drug-likeness (QED) is 0.641. The number of carbonyl (C=O) groups excluding carboxylic acids is 1. The number of amides is 1. The van der Waals surface area contributed by atoms with Gasteiger partial charge in [0.15, 0.2) is 0 Å². The molecule has 1 aromatic carbocycles. The number of nitrogens with one attached hydrogen (secondary N) is 2. The molecule has 0 unspecified atom stereocenters. The monoisotopic (exact) mass is 342 g/mol. The van der Waals surface area contributed by atoms with Crippen molar-refractivity contribution < 1.29 is 4.79 Å². The molecule has 1 heterocycles. The molecule has 0 saturated heterocycles. The molecule has 0 radical (unpaired) electrons. The van der Waals surface area contributed by atoms with Crippen LogP contribution in [0.25, 0.3) is 0 Å². The van der Waals surface area contributed by atoms with Gasteiger partial charge in [-0.15, -0.1) is 0 Å². The summed E-state index contributed by atoms with van der Waals surface area (Å²) in [6, 6.07) is 9.74. The normalized spacial score (nSPS) is 11.6. The van der Waals surface area contributed by atoms with Crippen molar-refractivity contribution in [1.82, 2.24) is 15.3 Å². The molecule has 0 aliphatic carbocycles. The van der Waals surface area contributed by atoms with Crippen molar-refractivity contribution in [2.75, 3.05) is 5.75 Å². The third kappa shape index (κ3) is 4.24. The van der Waals surface area contributed by atoms with Gasteiger partial charge in [0.2, 0.25) is 5.91 Å². The molecule has 7 heteroatoms. The number of rotatable bonds is 5. The minimum atomic E-state index is -0.525. The van der Waals surface area contributed by atoms with E-state index >= 15 is 0 Å². The van der Waals surface area contributed by atoms with Crippen molar-refractivity contribution in [3.8, 4) is 6.07 Å². The second kappa shape index (κ2) is 7.79. The zero-order valence-corrected chi connectivity index (χ0v) is 14.5. The maximum atomic E-state index is 12.2. The number of H-pyrrole nitrogens is 1. The minimum Gasteiger partial charge on any atom is -0.349 e. The van der Waals surface area contributed by atoms with Crippen molar-refractivity contribution >= 4 is 17.7 Å². The predicted octanol–water partition coefficient (Wildman–Crippen LogP) is 2.23. The summed E-state index contributed by atoms with van der Waals surface area (Å²) in [4.78, 5) is 29.8. The fourth-order valence-corrected chi connectivity index (χ4v) is 3.20. The van der Waals surface area contributed by atoms with E-state index in [-0.39, 0.29) is 22.7 Å². The highest BCUT2D eigenvalue weighted by Crippen LogP contribution is 2.21. The number of aromatic amines is 1. The Hall–Kier alpha value is -2.59. The average molecular weight is 342 g/mol. The van der Waals surface area contributed by atoms with Crippen molar-refractivity contribution in [2.45, 2.75) is 31.8 Å². The van der Waals surface area contributed by atoms with Crippen LogP contribution in [0.15, 0.2) is 34.1 Å². The van der Waals surface area contributed by atoms with E-state index < -0.39 is 5.69 Å². The first kappa shape index (κ1) is 17.8. The van der Waals surface area contributed by atoms with Crippen LogP contribution in [-0.2, 0) is 4.79 Å². The SMILES string of the molecule is Cc1ccccc1[C@H](C)NC(=O)CSc1nc(=O)[nH]c(C)c1C#N. The summed E-state index contributed by atoms with van der Waals surface area (Å²) >= 11 is 1.08. The van der Waals surface area contributed by atoms with Gasteiger partial charge in [0.1, 0.15) is 16.7 Å². The summed E-state index contributed by atoms with van der Waals surface area (Å²) in [5, 5.41) is 12.3. The van der Waals surface area contributed by atoms with Crippen LogP contribution in [0.1, 0.15) is 35.3 Å². The maximum Gasteiger partial charge on any atom is 0.346 e. The summed E-state index contributed by atoms with van der Waals surface area (Å²) in [7, 11) is 0. The molecule has 0 aliphatic heterocycles. The van der Waals surface area contributed by atoms with Crippen LogP contribution in [-0.4, -0.2) is 21.6 Å². The van der Waals surface area contributed by atoms with Gasteiger partial charge in [-0.2, -0.15) is 10.2 Å². The van der Waals surface area contributed by atoms with Crippen LogP contribution in [0.4, 0.5) is 0 Å². The Kier molecular flexibility index (Phi) is 5.77. The van der Waals surface area contributed by atoms with E-state index in [9.17, 15) is 9.59 Å². The first-order valence-electron chi connectivity index (χ1n) is 7.41. The number of hydrogen-bond donors (Lipinski definition) is 2. The Balaban J connectivity index is 2.03. The first-order valence-corrected chi connectivity index (χ1v) is 8.39. The van der Waals surface area contributed by atoms with E-state index in [2.05, 4.69) is 15.3 Å². The number of hydrogen-bond acceptors (Lipinski definition) is 5. The zero-order valence-electron chi connectivity index (χ0n) is 13.7. The zero-order chi connectivity index (χ0) is 17.7. The number of nitrogens with zero attached hydrogens (tertiary/aromatic N) is 2. The van der Waals surface area contributed by atoms with Crippen molar-refractivity contribution in [3.63, 3.8) is 0 Å². The van der Waals surface area contributed by atoms with Crippen LogP contribution in [0.2, 0.25) is 0 Å². The Labute approximate surface area is 144 Å². The third-order valence-electron chi connectivity index (χ3n) is 3.57. The minimum absolute atomic E-state index is 0.0841. The van der Waals surface area contributed by atoms with Crippen molar-refractivity contribution in [2.24, 2.45) is 0 Å². The van der Waals surface area contributed by atoms with Gasteiger partial charge >= 0.3 is 5.69 Å². The summed E-state index contributed by atoms with van der Waals surface area (Å²) in [6.07, 6.45) is 0. The van der Waals surface area contributed by atoms with Gasteiger partial charge < -0.3 is 10.3 Å². The lowest BCUT2D eigenvalue weighted by molar-refractivity contribution is -0.119. The summed E-state index contributed by atoms with van der Waals surface area (Å²) in [5.41, 5.74) is 2.38. The second-order valence-corrected chi connectivity index (χ2v) is 6.36. The molecule has 2 rings (SSSR count). The van der Waals surface area contributed by atoms with Crippen LogP contribution < -0.4 is 11.0 Å². The van der Waals surface area contributed by atoms with E-state index in [0.29, 0.717) is 11.3 Å². The van der Waals surface area contributed by atoms with Gasteiger partial charge in [0.25, 0.3) is 0 Å². The number of carbonyl (C=O) groups is 1. The van der Waals surface area contributed by atoms with Gasteiger partial charge in [0, 0.05) is 5.69 Å². The predicted molar refractivity (Wildman–Crippen MR) is 92.8 cm³/mol. The number of aromatic nitrogens is 2. The number of nitriles is 1. The lowest BCUT2D eigenvalue weighted by Gasteiger charge is -2.16. The molecule has 0 saturated carbocycles. The van der Waals surface area contributed by atoms with Crippen LogP contribution >= 0.6 is 11.8 Å². The second-order valence-electron chi connectivity index (χ2n) is 5.39. The topological polar surface area (TPSA) is 98.6 Å². The van der Waals surface area contributed by atoms with Crippen LogP contribution in [0.3, 0.4) is 0 Å². The Morgan fingerprint density at radius 3 is 2.79 bits per heavy atom. The molecule has 6 nitrogen and oxygen atoms in total. The van der Waals surface area contributed by atoms with E-state index in [0.717, 1.165) is 22.9 Å². The fourth-order valence-electron chi connectivity index (χ4n) is 2.36. The number of thioether (sulfide) groups is 1. The lowest BCUT2D eigenvalue weighted by atomic mass is 10.0. The van der Waals surface area contributed by atoms with Crippen LogP contribution in [0.5, 0.6) is 0 Å². The molecule has 24 heavy (non-hydrogen) atoms. The van der Waals surface area contributed by atoms with Gasteiger partial charge in [-0.25, -0.2) is 4.79 Å². The highest BCUT2D eigenvalue weighted by molar-refractivity contribution is 8.00. The Morgan fingerprint density at radius 2 is 2.12 bits per heavy atom. The molecule has 124 valence electrons. The van der Waals surface area contributed by atoms with Crippen LogP contribution in [0, 0.1) is 25.2 Å². The number of aryl methyl sites for hydroxylation is 2. The first-order chi connectivity index (χ1) is 11.4. The molecule has 1 atom stereocenters. The molecule has 1 amide bonds. The maximum absolute atomic E-state index is 12.2. The molecule has 0 bridgehead atoms. The van der Waals surface area contributed by atoms with E-state index in [1.165, 1.54) is 0 Å². The lowest BCUT2D eigenvalue weighted by Crippen LogP contribution is -2.28. The van der Waals surface area contributed by atoms with Gasteiger partial charge in [-0.3, -0.25) is 4.79 Å². The van der Waals surface area contributed by atoms with Crippen molar-refractivity contribution in [1.29, 1.82) is 5.26 Å². The van der Waals surface area contributed by atoms with Gasteiger partial charge in [0.05, 0.1) is 11.8 Å². The average Bonchev–Trinajstić information content (AvgIpc) is 2.52. The molecule has 0 aliphatic rings. The molecule has 2 N–H and O–H groups in total. The number of benzene rings is 1. The van der Waals surface area contributed by atoms with E-state index in [1.807, 2.05) is 44.2 Å². The summed E-state index contributed by atoms with van der Waals surface area (Å²) < 4.78 is 0. The standard InChI is InChI=1S/C17H18N4O2S/c1-10-6-4-5-7-13(10)11(2)19-15(22)9-24-16-14(8-18)12(3)20-17(23)21-16/h4-7,11H,9H2,1-3H3,(H,19,22)(H,20,21,23)/t11-/m0/s1. The highest BCUT2D eigenvalue weighted by Gasteiger charge is 2.14. The fraction of sp³-hybridized carbons (Fsp3) is 0.294. The Bertz CT molecular complexity index is 854. The van der Waals surface area contributed by atoms with Crippen molar-refractivity contribution in [3.05, 3.63) is 57.1 Å².